The summed E-state index contributed by atoms with van der Waals surface area (Å²) in [5.74, 6) is -0.00125. The molecule has 0 atom stereocenters. The quantitative estimate of drug-likeness (QED) is 0.562. The highest BCUT2D eigenvalue weighted by Gasteiger charge is 2.31. The summed E-state index contributed by atoms with van der Waals surface area (Å²) in [6.07, 6.45) is 0.928. The van der Waals surface area contributed by atoms with Gasteiger partial charge < -0.3 is 15.0 Å². The zero-order valence-electron chi connectivity index (χ0n) is 18.3. The number of nitriles is 1. The minimum atomic E-state index is -4.56. The fourth-order valence-electron chi connectivity index (χ4n) is 3.83. The summed E-state index contributed by atoms with van der Waals surface area (Å²) in [4.78, 5) is 14.6. The maximum Gasteiger partial charge on any atom is 0.422 e. The van der Waals surface area contributed by atoms with E-state index in [2.05, 4.69) is 32.4 Å². The lowest BCUT2D eigenvalue weighted by Gasteiger charge is -2.24. The molecule has 3 heterocycles. The highest BCUT2D eigenvalue weighted by atomic mass is 19.4. The first-order chi connectivity index (χ1) is 16.4. The summed E-state index contributed by atoms with van der Waals surface area (Å²) in [6.45, 7) is 0.0208. The molecule has 3 aromatic rings. The molecule has 2 aromatic heterocycles. The van der Waals surface area contributed by atoms with Gasteiger partial charge in [-0.25, -0.2) is 0 Å². The van der Waals surface area contributed by atoms with E-state index in [4.69, 9.17) is 4.74 Å². The van der Waals surface area contributed by atoms with Crippen LogP contribution in [0.5, 0.6) is 5.88 Å². The molecule has 4 rings (SSSR count). The van der Waals surface area contributed by atoms with Crippen molar-refractivity contribution in [3.05, 3.63) is 71.0 Å². The Bertz CT molecular complexity index is 1140. The van der Waals surface area contributed by atoms with Gasteiger partial charge in [0, 0.05) is 32.0 Å². The highest BCUT2D eigenvalue weighted by Crippen LogP contribution is 2.30. The minimum absolute atomic E-state index is 0.104. The number of benzene rings is 1. The summed E-state index contributed by atoms with van der Waals surface area (Å²) in [5, 5.41) is 12.8. The number of nitrogens with zero attached hydrogens (tertiary/aromatic N) is 5. The Kier molecular flexibility index (Phi) is 7.11. The van der Waals surface area contributed by atoms with Crippen molar-refractivity contribution in [3.63, 3.8) is 0 Å². The largest absolute Gasteiger partial charge is 0.467 e. The Morgan fingerprint density at radius 3 is 2.41 bits per heavy atom. The average molecular weight is 468 g/mol. The van der Waals surface area contributed by atoms with Crippen LogP contribution in [-0.2, 0) is 19.3 Å². The number of ether oxygens (including phenoxy) is 1. The molecule has 0 saturated carbocycles. The van der Waals surface area contributed by atoms with E-state index in [1.165, 1.54) is 11.1 Å². The number of anilines is 2. The lowest BCUT2D eigenvalue weighted by molar-refractivity contribution is -0.154. The van der Waals surface area contributed by atoms with Gasteiger partial charge in [-0.15, -0.1) is 0 Å². The van der Waals surface area contributed by atoms with E-state index in [0.29, 0.717) is 26.1 Å². The van der Waals surface area contributed by atoms with Crippen LogP contribution in [0.4, 0.5) is 24.9 Å². The van der Waals surface area contributed by atoms with Crippen molar-refractivity contribution in [1.82, 2.24) is 15.0 Å². The summed E-state index contributed by atoms with van der Waals surface area (Å²) in [7, 11) is 0. The number of fused-ring (bicyclic) bond motifs is 1. The molecule has 7 nitrogen and oxygen atoms in total. The fraction of sp³-hybridized carbons (Fsp3) is 0.333. The van der Waals surface area contributed by atoms with Gasteiger partial charge >= 0.3 is 6.18 Å². The molecule has 0 radical (unpaired) electrons. The van der Waals surface area contributed by atoms with Crippen LogP contribution in [0.15, 0.2) is 48.8 Å². The number of alkyl halides is 3. The van der Waals surface area contributed by atoms with Gasteiger partial charge in [-0.1, -0.05) is 30.3 Å². The zero-order chi connectivity index (χ0) is 24.0. The van der Waals surface area contributed by atoms with Crippen molar-refractivity contribution in [2.24, 2.45) is 0 Å². The van der Waals surface area contributed by atoms with Crippen LogP contribution >= 0.6 is 0 Å². The Balaban J connectivity index is 1.60. The average Bonchev–Trinajstić information content (AvgIpc) is 3.05. The molecule has 10 heteroatoms. The SMILES string of the molecule is N#Cc1c(OCC(F)(F)F)nc(NCCc2cccnc2)nc1N1CCc2ccccc2CC1. The van der Waals surface area contributed by atoms with Crippen LogP contribution < -0.4 is 15.0 Å². The third-order valence-corrected chi connectivity index (χ3v) is 5.48. The molecule has 1 N–H and O–H groups in total. The predicted molar refractivity (Wildman–Crippen MR) is 121 cm³/mol. The minimum Gasteiger partial charge on any atom is -0.467 e. The summed E-state index contributed by atoms with van der Waals surface area (Å²) in [5.41, 5.74) is 3.30. The summed E-state index contributed by atoms with van der Waals surface area (Å²) in [6, 6.07) is 13.8. The fourth-order valence-corrected chi connectivity index (χ4v) is 3.83. The molecule has 1 aliphatic heterocycles. The van der Waals surface area contributed by atoms with Gasteiger partial charge in [0.25, 0.3) is 0 Å². The molecule has 0 saturated heterocycles. The topological polar surface area (TPSA) is 87.0 Å². The molecule has 1 aliphatic rings. The number of aromatic nitrogens is 3. The van der Waals surface area contributed by atoms with E-state index in [1.54, 1.807) is 12.4 Å². The standard InChI is InChI=1S/C24H23F3N6O/c25-24(26,27)16-34-22-20(14-28)21(33-12-8-18-5-1-2-6-19(18)9-13-33)31-23(32-22)30-11-7-17-4-3-10-29-15-17/h1-6,10,15H,7-9,11-13,16H2,(H,30,31,32). The molecule has 0 amide bonds. The van der Waals surface area contributed by atoms with Crippen molar-refractivity contribution in [3.8, 4) is 11.9 Å². The smallest absolute Gasteiger partial charge is 0.422 e. The molecule has 0 fully saturated rings. The zero-order valence-corrected chi connectivity index (χ0v) is 18.3. The van der Waals surface area contributed by atoms with Crippen molar-refractivity contribution in [2.45, 2.75) is 25.4 Å². The summed E-state index contributed by atoms with van der Waals surface area (Å²) < 4.78 is 43.5. The van der Waals surface area contributed by atoms with E-state index < -0.39 is 12.8 Å². The normalized spacial score (nSPS) is 13.5. The molecular formula is C24H23F3N6O. The predicted octanol–water partition coefficient (Wildman–Crippen LogP) is 3.94. The van der Waals surface area contributed by atoms with Gasteiger partial charge in [0.1, 0.15) is 6.07 Å². The number of rotatable bonds is 7. The van der Waals surface area contributed by atoms with Crippen molar-refractivity contribution in [2.75, 3.05) is 36.5 Å². The van der Waals surface area contributed by atoms with Gasteiger partial charge in [0.15, 0.2) is 18.0 Å². The molecule has 176 valence electrons. The van der Waals surface area contributed by atoms with Crippen LogP contribution in [0, 0.1) is 11.3 Å². The lowest BCUT2D eigenvalue weighted by Crippen LogP contribution is -2.29. The van der Waals surface area contributed by atoms with Gasteiger partial charge in [-0.2, -0.15) is 28.4 Å². The first-order valence-electron chi connectivity index (χ1n) is 10.9. The number of nitrogens with one attached hydrogen (secondary N) is 1. The van der Waals surface area contributed by atoms with Gasteiger partial charge in [-0.3, -0.25) is 4.98 Å². The Morgan fingerprint density at radius 2 is 1.79 bits per heavy atom. The van der Waals surface area contributed by atoms with Crippen molar-refractivity contribution < 1.29 is 17.9 Å². The van der Waals surface area contributed by atoms with Crippen LogP contribution in [0.3, 0.4) is 0 Å². The van der Waals surface area contributed by atoms with E-state index in [-0.39, 0.29) is 23.2 Å². The third-order valence-electron chi connectivity index (χ3n) is 5.48. The van der Waals surface area contributed by atoms with Crippen molar-refractivity contribution in [1.29, 1.82) is 5.26 Å². The molecule has 1 aromatic carbocycles. The van der Waals surface area contributed by atoms with E-state index >= 15 is 0 Å². The Labute approximate surface area is 195 Å². The first kappa shape index (κ1) is 23.3. The van der Waals surface area contributed by atoms with E-state index in [0.717, 1.165) is 18.4 Å². The second kappa shape index (κ2) is 10.4. The van der Waals surface area contributed by atoms with Gasteiger partial charge in [0.05, 0.1) is 0 Å². The van der Waals surface area contributed by atoms with E-state index in [9.17, 15) is 18.4 Å². The van der Waals surface area contributed by atoms with E-state index in [1.807, 2.05) is 35.2 Å². The molecule has 0 aliphatic carbocycles. The molecule has 0 spiro atoms. The highest BCUT2D eigenvalue weighted by molar-refractivity contribution is 5.61. The van der Waals surface area contributed by atoms with Crippen molar-refractivity contribution >= 4 is 11.8 Å². The number of halogens is 3. The maximum atomic E-state index is 12.8. The third kappa shape index (κ3) is 5.92. The monoisotopic (exact) mass is 468 g/mol. The Morgan fingerprint density at radius 1 is 1.06 bits per heavy atom. The van der Waals surface area contributed by atoms with Gasteiger partial charge in [0.2, 0.25) is 11.8 Å². The first-order valence-corrected chi connectivity index (χ1v) is 10.9. The maximum absolute atomic E-state index is 12.8. The second-order valence-corrected chi connectivity index (χ2v) is 7.86. The lowest BCUT2D eigenvalue weighted by atomic mass is 10.0. The number of pyridine rings is 1. The second-order valence-electron chi connectivity index (χ2n) is 7.86. The van der Waals surface area contributed by atoms with Crippen LogP contribution in [0.25, 0.3) is 0 Å². The summed E-state index contributed by atoms with van der Waals surface area (Å²) >= 11 is 0. The molecule has 34 heavy (non-hydrogen) atoms. The number of hydrogen-bond acceptors (Lipinski definition) is 7. The van der Waals surface area contributed by atoms with Gasteiger partial charge in [-0.05, 0) is 42.0 Å². The molecule has 0 unspecified atom stereocenters. The molecule has 0 bridgehead atoms. The molecular weight excluding hydrogens is 445 g/mol. The van der Waals surface area contributed by atoms with Crippen LogP contribution in [0.1, 0.15) is 22.3 Å². The Hall–Kier alpha value is -3.87. The van der Waals surface area contributed by atoms with Crippen LogP contribution in [0.2, 0.25) is 0 Å². The van der Waals surface area contributed by atoms with Crippen LogP contribution in [-0.4, -0.2) is 47.4 Å². The number of hydrogen-bond donors (Lipinski definition) is 1.